The molecule has 0 atom stereocenters. The number of rotatable bonds is 2. The largest absolute Gasteiger partial charge is 0.544 e. The Labute approximate surface area is 118 Å². The fraction of sp³-hybridized carbons (Fsp3) is 0.294. The van der Waals surface area contributed by atoms with Crippen molar-refractivity contribution in [1.29, 1.82) is 0 Å². The van der Waals surface area contributed by atoms with E-state index in [0.29, 0.717) is 0 Å². The van der Waals surface area contributed by atoms with Gasteiger partial charge in [-0.15, -0.1) is 0 Å². The van der Waals surface area contributed by atoms with E-state index in [0.717, 1.165) is 5.75 Å². The zero-order valence-electron chi connectivity index (χ0n) is 12.6. The summed E-state index contributed by atoms with van der Waals surface area (Å²) in [5.41, 5.74) is 2.62. The van der Waals surface area contributed by atoms with Crippen molar-refractivity contribution in [2.24, 2.45) is 0 Å². The van der Waals surface area contributed by atoms with Crippen molar-refractivity contribution in [2.75, 3.05) is 0 Å². The predicted octanol–water partition coefficient (Wildman–Crippen LogP) is 5.20. The van der Waals surface area contributed by atoms with Crippen molar-refractivity contribution >= 4 is 8.32 Å². The monoisotopic (exact) mass is 272 g/mol. The summed E-state index contributed by atoms with van der Waals surface area (Å²) >= 11 is 0. The van der Waals surface area contributed by atoms with Gasteiger partial charge in [0.25, 0.3) is 0 Å². The Morgan fingerprint density at radius 1 is 0.737 bits per heavy atom. The second-order valence-corrected chi connectivity index (χ2v) is 10.0. The third-order valence-corrected chi connectivity index (χ3v) is 3.42. The molecular formula is C17H24OSi. The molecule has 0 heterocycles. The van der Waals surface area contributed by atoms with Crippen LogP contribution in [0.3, 0.4) is 0 Å². The highest BCUT2D eigenvalue weighted by Gasteiger charge is 2.16. The average Bonchev–Trinajstić information content (AvgIpc) is 2.35. The summed E-state index contributed by atoms with van der Waals surface area (Å²) in [7, 11) is -1.44. The van der Waals surface area contributed by atoms with Crippen LogP contribution in [0.4, 0.5) is 0 Å². The van der Waals surface area contributed by atoms with Gasteiger partial charge in [-0.25, -0.2) is 0 Å². The van der Waals surface area contributed by atoms with Gasteiger partial charge in [0.1, 0.15) is 5.75 Å². The van der Waals surface area contributed by atoms with E-state index in [-0.39, 0.29) is 0 Å². The maximum absolute atomic E-state index is 5.88. The van der Waals surface area contributed by atoms with Crippen molar-refractivity contribution in [3.8, 4) is 5.75 Å². The molecule has 0 radical (unpaired) electrons. The Hall–Kier alpha value is -1.54. The van der Waals surface area contributed by atoms with E-state index in [4.69, 9.17) is 4.43 Å². The zero-order chi connectivity index (χ0) is 14.3. The van der Waals surface area contributed by atoms with Crippen molar-refractivity contribution in [3.63, 3.8) is 0 Å². The highest BCUT2D eigenvalue weighted by molar-refractivity contribution is 6.70. The molecule has 0 bridgehead atoms. The normalized spacial score (nSPS) is 10.4. The van der Waals surface area contributed by atoms with Crippen LogP contribution in [-0.2, 0) is 0 Å². The van der Waals surface area contributed by atoms with Crippen LogP contribution >= 0.6 is 0 Å². The van der Waals surface area contributed by atoms with Gasteiger partial charge in [0, 0.05) is 0 Å². The first kappa shape index (κ1) is 15.5. The summed E-state index contributed by atoms with van der Waals surface area (Å²) in [6.45, 7) is 10.8. The molecule has 2 aromatic rings. The third-order valence-electron chi connectivity index (χ3n) is 2.57. The van der Waals surface area contributed by atoms with Gasteiger partial charge < -0.3 is 4.43 Å². The van der Waals surface area contributed by atoms with Crippen LogP contribution in [0.25, 0.3) is 0 Å². The van der Waals surface area contributed by atoms with Gasteiger partial charge in [-0.3, -0.25) is 0 Å². The first-order chi connectivity index (χ1) is 8.88. The maximum atomic E-state index is 5.88. The summed E-state index contributed by atoms with van der Waals surface area (Å²) in [4.78, 5) is 0. The second-order valence-electron chi connectivity index (χ2n) is 5.62. The fourth-order valence-corrected chi connectivity index (χ4v) is 2.35. The molecule has 19 heavy (non-hydrogen) atoms. The number of hydrogen-bond acceptors (Lipinski definition) is 1. The highest BCUT2D eigenvalue weighted by Crippen LogP contribution is 2.19. The van der Waals surface area contributed by atoms with E-state index in [1.165, 1.54) is 11.1 Å². The number of aryl methyl sites for hydroxylation is 2. The van der Waals surface area contributed by atoms with Crippen molar-refractivity contribution in [3.05, 3.63) is 65.7 Å². The Bertz CT molecular complexity index is 460. The van der Waals surface area contributed by atoms with E-state index < -0.39 is 8.32 Å². The van der Waals surface area contributed by atoms with Crippen LogP contribution < -0.4 is 4.43 Å². The maximum Gasteiger partial charge on any atom is 0.242 e. The van der Waals surface area contributed by atoms with Crippen molar-refractivity contribution in [1.82, 2.24) is 0 Å². The zero-order valence-corrected chi connectivity index (χ0v) is 13.6. The van der Waals surface area contributed by atoms with E-state index in [9.17, 15) is 0 Å². The lowest BCUT2D eigenvalue weighted by Crippen LogP contribution is -2.29. The van der Waals surface area contributed by atoms with Gasteiger partial charge in [0.05, 0.1) is 0 Å². The summed E-state index contributed by atoms with van der Waals surface area (Å²) in [5.74, 6) is 1.02. The van der Waals surface area contributed by atoms with Gasteiger partial charge >= 0.3 is 0 Å². The minimum absolute atomic E-state index is 1.02. The lowest BCUT2D eigenvalue weighted by Gasteiger charge is -2.19. The smallest absolute Gasteiger partial charge is 0.242 e. The Balaban J connectivity index is 0.000000250. The summed E-state index contributed by atoms with van der Waals surface area (Å²) in [6, 6.07) is 18.3. The molecule has 0 spiro atoms. The van der Waals surface area contributed by atoms with Crippen molar-refractivity contribution in [2.45, 2.75) is 33.5 Å². The molecule has 2 aromatic carbocycles. The van der Waals surface area contributed by atoms with E-state index in [2.05, 4.69) is 51.7 Å². The molecule has 0 saturated heterocycles. The van der Waals surface area contributed by atoms with Gasteiger partial charge in [-0.05, 0) is 56.7 Å². The lowest BCUT2D eigenvalue weighted by atomic mass is 10.1. The van der Waals surface area contributed by atoms with Crippen LogP contribution in [0.1, 0.15) is 11.1 Å². The van der Waals surface area contributed by atoms with Crippen LogP contribution in [0.5, 0.6) is 5.75 Å². The van der Waals surface area contributed by atoms with Crippen LogP contribution in [-0.4, -0.2) is 8.32 Å². The van der Waals surface area contributed by atoms with Gasteiger partial charge in [-0.2, -0.15) is 0 Å². The molecule has 0 saturated carbocycles. The fourth-order valence-electron chi connectivity index (χ4n) is 1.52. The number of hydrogen-bond donors (Lipinski definition) is 0. The Kier molecular flexibility index (Phi) is 5.83. The van der Waals surface area contributed by atoms with E-state index in [1.54, 1.807) is 0 Å². The number of benzene rings is 2. The summed E-state index contributed by atoms with van der Waals surface area (Å²) in [5, 5.41) is 0. The molecule has 0 aliphatic rings. The predicted molar refractivity (Wildman–Crippen MR) is 86.3 cm³/mol. The average molecular weight is 272 g/mol. The molecule has 102 valence electrons. The molecule has 0 aliphatic carbocycles. The summed E-state index contributed by atoms with van der Waals surface area (Å²) in [6.07, 6.45) is 0. The van der Waals surface area contributed by atoms with Gasteiger partial charge in [-0.1, -0.05) is 42.5 Å². The Morgan fingerprint density at radius 2 is 1.21 bits per heavy atom. The minimum Gasteiger partial charge on any atom is -0.544 e. The van der Waals surface area contributed by atoms with E-state index in [1.807, 2.05) is 36.4 Å². The standard InChI is InChI=1S/C11H18OSi.C6H6/c1-9-6-7-11(8-10(9)2)12-13(3,4)5;1-2-4-6-5-3-1/h6-8H,1-5H3;1-6H. The van der Waals surface area contributed by atoms with Crippen LogP contribution in [0, 0.1) is 13.8 Å². The Morgan fingerprint density at radius 3 is 1.58 bits per heavy atom. The van der Waals surface area contributed by atoms with Gasteiger partial charge in [0.15, 0.2) is 0 Å². The SMILES string of the molecule is Cc1ccc(O[Si](C)(C)C)cc1C.c1ccccc1. The van der Waals surface area contributed by atoms with Crippen molar-refractivity contribution < 1.29 is 4.43 Å². The first-order valence-corrected chi connectivity index (χ1v) is 10.1. The molecule has 0 unspecified atom stereocenters. The molecule has 0 N–H and O–H groups in total. The highest BCUT2D eigenvalue weighted by atomic mass is 28.4. The second kappa shape index (κ2) is 7.15. The summed E-state index contributed by atoms with van der Waals surface area (Å²) < 4.78 is 5.88. The molecule has 1 nitrogen and oxygen atoms in total. The van der Waals surface area contributed by atoms with Gasteiger partial charge in [0.2, 0.25) is 8.32 Å². The topological polar surface area (TPSA) is 9.23 Å². The van der Waals surface area contributed by atoms with E-state index >= 15 is 0 Å². The van der Waals surface area contributed by atoms with Crippen LogP contribution in [0.2, 0.25) is 19.6 Å². The molecule has 0 amide bonds. The first-order valence-electron chi connectivity index (χ1n) is 6.65. The molecule has 0 aliphatic heterocycles. The molecule has 0 fully saturated rings. The quantitative estimate of drug-likeness (QED) is 0.682. The molecule has 0 aromatic heterocycles. The third kappa shape index (κ3) is 6.82. The molecule has 2 heteroatoms. The molecule has 2 rings (SSSR count). The lowest BCUT2D eigenvalue weighted by molar-refractivity contribution is 0.557. The minimum atomic E-state index is -1.44. The molecular weight excluding hydrogens is 248 g/mol. The van der Waals surface area contributed by atoms with Crippen LogP contribution in [0.15, 0.2) is 54.6 Å².